The molecule has 0 unspecified atom stereocenters. The highest BCUT2D eigenvalue weighted by Gasteiger charge is 2.20. The van der Waals surface area contributed by atoms with Crippen molar-refractivity contribution in [2.45, 2.75) is 38.4 Å². The van der Waals surface area contributed by atoms with Gasteiger partial charge in [-0.05, 0) is 19.3 Å². The summed E-state index contributed by atoms with van der Waals surface area (Å²) in [6.45, 7) is 5.33. The van der Waals surface area contributed by atoms with Gasteiger partial charge in [0.15, 0.2) is 0 Å². The van der Waals surface area contributed by atoms with E-state index >= 15 is 0 Å². The van der Waals surface area contributed by atoms with E-state index in [9.17, 15) is 0 Å². The average Bonchev–Trinajstić information content (AvgIpc) is 3.22. The van der Waals surface area contributed by atoms with Crippen LogP contribution in [0.2, 0.25) is 0 Å². The molecule has 1 saturated carbocycles. The number of methoxy groups -OCH3 is 2. The third-order valence-corrected chi connectivity index (χ3v) is 4.44. The molecule has 1 aliphatic carbocycles. The van der Waals surface area contributed by atoms with E-state index in [0.717, 1.165) is 51.9 Å². The Bertz CT molecular complexity index is 396. The zero-order valence-corrected chi connectivity index (χ0v) is 14.0. The molecule has 0 aromatic carbocycles. The third kappa shape index (κ3) is 6.84. The SMILES string of the molecule is COCCCN(CCOC)Cc1csc(CNC2CC2)n1. The van der Waals surface area contributed by atoms with Gasteiger partial charge in [-0.3, -0.25) is 4.90 Å². The van der Waals surface area contributed by atoms with Crippen molar-refractivity contribution in [3.63, 3.8) is 0 Å². The summed E-state index contributed by atoms with van der Waals surface area (Å²) in [5.74, 6) is 0. The van der Waals surface area contributed by atoms with Gasteiger partial charge < -0.3 is 14.8 Å². The lowest BCUT2D eigenvalue weighted by Crippen LogP contribution is -2.29. The molecule has 0 radical (unpaired) electrons. The van der Waals surface area contributed by atoms with E-state index < -0.39 is 0 Å². The van der Waals surface area contributed by atoms with Gasteiger partial charge in [-0.1, -0.05) is 0 Å². The van der Waals surface area contributed by atoms with Crippen LogP contribution in [0.1, 0.15) is 30.0 Å². The standard InChI is InChI=1S/C15H27N3O2S/c1-19-8-3-6-18(7-9-20-2)11-14-12-21-15(17-14)10-16-13-4-5-13/h12-13,16H,3-11H2,1-2H3. The predicted octanol–water partition coefficient (Wildman–Crippen LogP) is 1.88. The summed E-state index contributed by atoms with van der Waals surface area (Å²) in [6, 6.07) is 0.740. The van der Waals surface area contributed by atoms with Gasteiger partial charge in [-0.15, -0.1) is 11.3 Å². The van der Waals surface area contributed by atoms with Crippen LogP contribution < -0.4 is 5.32 Å². The van der Waals surface area contributed by atoms with Crippen LogP contribution in [0.5, 0.6) is 0 Å². The van der Waals surface area contributed by atoms with Gasteiger partial charge in [-0.25, -0.2) is 4.98 Å². The van der Waals surface area contributed by atoms with Crippen LogP contribution >= 0.6 is 11.3 Å². The van der Waals surface area contributed by atoms with Crippen molar-refractivity contribution in [2.75, 3.05) is 40.5 Å². The Labute approximate surface area is 131 Å². The Morgan fingerprint density at radius 2 is 2.10 bits per heavy atom. The normalized spacial score (nSPS) is 15.0. The van der Waals surface area contributed by atoms with E-state index in [1.165, 1.54) is 23.5 Å². The predicted molar refractivity (Wildman–Crippen MR) is 85.6 cm³/mol. The van der Waals surface area contributed by atoms with Crippen molar-refractivity contribution in [3.05, 3.63) is 16.1 Å². The summed E-state index contributed by atoms with van der Waals surface area (Å²) in [5, 5.41) is 6.89. The van der Waals surface area contributed by atoms with Gasteiger partial charge in [0.25, 0.3) is 0 Å². The first-order chi connectivity index (χ1) is 10.3. The molecule has 1 N–H and O–H groups in total. The topological polar surface area (TPSA) is 46.6 Å². The molecule has 0 spiro atoms. The molecule has 0 aliphatic heterocycles. The minimum absolute atomic E-state index is 0.740. The number of thiazole rings is 1. The van der Waals surface area contributed by atoms with Crippen molar-refractivity contribution in [3.8, 4) is 0 Å². The van der Waals surface area contributed by atoms with Crippen LogP contribution in [-0.4, -0.2) is 56.4 Å². The Kier molecular flexibility index (Phi) is 7.60. The fraction of sp³-hybridized carbons (Fsp3) is 0.800. The second-order valence-electron chi connectivity index (χ2n) is 5.50. The van der Waals surface area contributed by atoms with E-state index in [0.29, 0.717) is 0 Å². The summed E-state index contributed by atoms with van der Waals surface area (Å²) >= 11 is 1.76. The molecule has 1 heterocycles. The Morgan fingerprint density at radius 3 is 2.81 bits per heavy atom. The summed E-state index contributed by atoms with van der Waals surface area (Å²) in [4.78, 5) is 7.11. The monoisotopic (exact) mass is 313 g/mol. The summed E-state index contributed by atoms with van der Waals surface area (Å²) in [6.07, 6.45) is 3.69. The molecule has 0 saturated heterocycles. The smallest absolute Gasteiger partial charge is 0.107 e. The van der Waals surface area contributed by atoms with Gasteiger partial charge >= 0.3 is 0 Å². The molecular weight excluding hydrogens is 286 g/mol. The second kappa shape index (κ2) is 9.48. The van der Waals surface area contributed by atoms with E-state index in [1.807, 2.05) is 0 Å². The van der Waals surface area contributed by atoms with Crippen molar-refractivity contribution in [1.29, 1.82) is 0 Å². The Hall–Kier alpha value is -0.530. The molecule has 120 valence electrons. The van der Waals surface area contributed by atoms with Crippen molar-refractivity contribution >= 4 is 11.3 Å². The molecule has 5 nitrogen and oxygen atoms in total. The van der Waals surface area contributed by atoms with Gasteiger partial charge in [0, 0.05) is 58.4 Å². The molecule has 1 aromatic rings. The number of hydrogen-bond donors (Lipinski definition) is 1. The average molecular weight is 313 g/mol. The third-order valence-electron chi connectivity index (χ3n) is 3.54. The molecule has 0 amide bonds. The van der Waals surface area contributed by atoms with Crippen LogP contribution in [0.15, 0.2) is 5.38 Å². The first kappa shape index (κ1) is 16.8. The van der Waals surface area contributed by atoms with Crippen LogP contribution in [0.4, 0.5) is 0 Å². The number of ether oxygens (including phenoxy) is 2. The molecule has 1 aromatic heterocycles. The van der Waals surface area contributed by atoms with Crippen molar-refractivity contribution < 1.29 is 9.47 Å². The van der Waals surface area contributed by atoms with Crippen molar-refractivity contribution in [1.82, 2.24) is 15.2 Å². The molecule has 6 heteroatoms. The molecule has 1 fully saturated rings. The maximum atomic E-state index is 5.19. The largest absolute Gasteiger partial charge is 0.385 e. The molecule has 1 aliphatic rings. The van der Waals surface area contributed by atoms with Crippen molar-refractivity contribution in [2.24, 2.45) is 0 Å². The lowest BCUT2D eigenvalue weighted by Gasteiger charge is -2.20. The molecular formula is C15H27N3O2S. The maximum absolute atomic E-state index is 5.19. The zero-order valence-electron chi connectivity index (χ0n) is 13.1. The minimum atomic E-state index is 0.740. The van der Waals surface area contributed by atoms with Crippen LogP contribution in [0.25, 0.3) is 0 Å². The quantitative estimate of drug-likeness (QED) is 0.597. The van der Waals surface area contributed by atoms with E-state index in [4.69, 9.17) is 14.5 Å². The van der Waals surface area contributed by atoms with Crippen LogP contribution in [-0.2, 0) is 22.6 Å². The lowest BCUT2D eigenvalue weighted by molar-refractivity contribution is 0.128. The van der Waals surface area contributed by atoms with Crippen LogP contribution in [0, 0.1) is 0 Å². The highest BCUT2D eigenvalue weighted by atomic mass is 32.1. The van der Waals surface area contributed by atoms with Gasteiger partial charge in [0.2, 0.25) is 0 Å². The highest BCUT2D eigenvalue weighted by molar-refractivity contribution is 7.09. The van der Waals surface area contributed by atoms with E-state index in [2.05, 4.69) is 15.6 Å². The number of rotatable bonds is 12. The van der Waals surface area contributed by atoms with Gasteiger partial charge in [-0.2, -0.15) is 0 Å². The first-order valence-corrected chi connectivity index (χ1v) is 8.56. The zero-order chi connectivity index (χ0) is 14.9. The number of nitrogens with one attached hydrogen (secondary N) is 1. The molecule has 0 bridgehead atoms. The summed E-state index contributed by atoms with van der Waals surface area (Å²) in [7, 11) is 3.50. The Morgan fingerprint density at radius 1 is 1.29 bits per heavy atom. The number of nitrogens with zero attached hydrogens (tertiary/aromatic N) is 2. The molecule has 21 heavy (non-hydrogen) atoms. The second-order valence-corrected chi connectivity index (χ2v) is 6.45. The number of hydrogen-bond acceptors (Lipinski definition) is 6. The lowest BCUT2D eigenvalue weighted by atomic mass is 10.3. The fourth-order valence-corrected chi connectivity index (χ4v) is 2.91. The highest BCUT2D eigenvalue weighted by Crippen LogP contribution is 2.20. The maximum Gasteiger partial charge on any atom is 0.107 e. The van der Waals surface area contributed by atoms with Gasteiger partial charge in [0.1, 0.15) is 5.01 Å². The molecule has 0 atom stereocenters. The summed E-state index contributed by atoms with van der Waals surface area (Å²) < 4.78 is 10.3. The number of aromatic nitrogens is 1. The van der Waals surface area contributed by atoms with E-state index in [1.54, 1.807) is 25.6 Å². The Balaban J connectivity index is 1.76. The van der Waals surface area contributed by atoms with E-state index in [-0.39, 0.29) is 0 Å². The van der Waals surface area contributed by atoms with Crippen LogP contribution in [0.3, 0.4) is 0 Å². The first-order valence-electron chi connectivity index (χ1n) is 7.68. The fourth-order valence-electron chi connectivity index (χ4n) is 2.17. The summed E-state index contributed by atoms with van der Waals surface area (Å²) in [5.41, 5.74) is 1.17. The molecule has 2 rings (SSSR count). The van der Waals surface area contributed by atoms with Gasteiger partial charge in [0.05, 0.1) is 12.3 Å². The minimum Gasteiger partial charge on any atom is -0.385 e.